The first-order valence-electron chi connectivity index (χ1n) is 12.2. The Hall–Kier alpha value is -3.08. The summed E-state index contributed by atoms with van der Waals surface area (Å²) in [5, 5.41) is 0.672. The number of carbonyl (C=O) groups excluding carboxylic acids is 1. The van der Waals surface area contributed by atoms with Crippen LogP contribution in [0, 0.1) is 0 Å². The lowest BCUT2D eigenvalue weighted by atomic mass is 9.72. The van der Waals surface area contributed by atoms with E-state index in [9.17, 15) is 4.79 Å². The third-order valence-electron chi connectivity index (χ3n) is 7.34. The molecule has 0 spiro atoms. The first kappa shape index (κ1) is 23.7. The summed E-state index contributed by atoms with van der Waals surface area (Å²) in [5.74, 6) is 0.770. The highest BCUT2D eigenvalue weighted by Crippen LogP contribution is 2.39. The van der Waals surface area contributed by atoms with Gasteiger partial charge in [0.1, 0.15) is 12.4 Å². The van der Waals surface area contributed by atoms with Crippen LogP contribution in [0.25, 0.3) is 5.57 Å². The Kier molecular flexibility index (Phi) is 6.94. The van der Waals surface area contributed by atoms with Gasteiger partial charge in [-0.2, -0.15) is 0 Å². The molecule has 0 unspecified atom stereocenters. The number of fused-ring (bicyclic) bond motifs is 2. The molecule has 180 valence electrons. The van der Waals surface area contributed by atoms with Crippen molar-refractivity contribution in [2.75, 3.05) is 26.7 Å². The number of ether oxygens (including phenoxy) is 2. The topological polar surface area (TPSA) is 38.8 Å². The molecule has 0 atom stereocenters. The molecule has 5 rings (SSSR count). The second-order valence-corrected chi connectivity index (χ2v) is 9.71. The van der Waals surface area contributed by atoms with Crippen molar-refractivity contribution < 1.29 is 14.3 Å². The molecule has 2 heterocycles. The number of esters is 1. The Morgan fingerprint density at radius 1 is 1.00 bits per heavy atom. The molecule has 0 N–H and O–H groups in total. The number of hydrogen-bond donors (Lipinski definition) is 0. The van der Waals surface area contributed by atoms with E-state index in [1.54, 1.807) is 0 Å². The molecular weight excluding hydrogens is 458 g/mol. The molecule has 0 bridgehead atoms. The van der Waals surface area contributed by atoms with Gasteiger partial charge >= 0.3 is 5.97 Å². The monoisotopic (exact) mass is 487 g/mol. The van der Waals surface area contributed by atoms with Crippen molar-refractivity contribution in [1.29, 1.82) is 0 Å². The molecule has 2 aliphatic heterocycles. The number of rotatable bonds is 5. The number of likely N-dealkylation sites (tertiary alicyclic amines) is 1. The summed E-state index contributed by atoms with van der Waals surface area (Å²) in [5.41, 5.74) is 5.20. The summed E-state index contributed by atoms with van der Waals surface area (Å²) >= 11 is 6.09. The lowest BCUT2D eigenvalue weighted by Crippen LogP contribution is -2.48. The van der Waals surface area contributed by atoms with Crippen LogP contribution < -0.4 is 4.74 Å². The maximum Gasteiger partial charge on any atom is 0.316 e. The zero-order valence-electron chi connectivity index (χ0n) is 20.0. The van der Waals surface area contributed by atoms with Crippen molar-refractivity contribution in [3.05, 3.63) is 106 Å². The zero-order chi connectivity index (χ0) is 24.3. The maximum absolute atomic E-state index is 12.9. The highest BCUT2D eigenvalue weighted by atomic mass is 35.5. The van der Waals surface area contributed by atoms with Gasteiger partial charge < -0.3 is 14.4 Å². The van der Waals surface area contributed by atoms with Crippen LogP contribution in [0.1, 0.15) is 41.5 Å². The molecular formula is C30H30ClNO3. The van der Waals surface area contributed by atoms with Crippen molar-refractivity contribution in [3.63, 3.8) is 0 Å². The molecule has 35 heavy (non-hydrogen) atoms. The summed E-state index contributed by atoms with van der Waals surface area (Å²) in [7, 11) is 1.48. The number of benzene rings is 3. The molecule has 0 aromatic heterocycles. The molecule has 0 radical (unpaired) electrons. The molecule has 3 aromatic carbocycles. The molecule has 0 amide bonds. The minimum atomic E-state index is -0.606. The van der Waals surface area contributed by atoms with Gasteiger partial charge in [-0.1, -0.05) is 72.3 Å². The Labute approximate surface area is 212 Å². The molecule has 2 aliphatic rings. The molecule has 3 aromatic rings. The number of halogens is 1. The highest BCUT2D eigenvalue weighted by molar-refractivity contribution is 6.30. The summed E-state index contributed by atoms with van der Waals surface area (Å²) in [4.78, 5) is 15.3. The van der Waals surface area contributed by atoms with Crippen LogP contribution in [0.15, 0.2) is 78.9 Å². The maximum atomic E-state index is 12.9. The van der Waals surface area contributed by atoms with Crippen LogP contribution in [-0.2, 0) is 21.6 Å². The predicted octanol–water partition coefficient (Wildman–Crippen LogP) is 6.26. The Morgan fingerprint density at radius 2 is 1.69 bits per heavy atom. The Morgan fingerprint density at radius 3 is 2.43 bits per heavy atom. The third-order valence-corrected chi connectivity index (χ3v) is 7.60. The van der Waals surface area contributed by atoms with Gasteiger partial charge in [0.15, 0.2) is 0 Å². The Balaban J connectivity index is 1.32. The van der Waals surface area contributed by atoms with Gasteiger partial charge in [0, 0.05) is 17.1 Å². The van der Waals surface area contributed by atoms with Crippen molar-refractivity contribution in [2.45, 2.75) is 31.3 Å². The largest absolute Gasteiger partial charge is 0.488 e. The quantitative estimate of drug-likeness (QED) is 0.398. The number of hydrogen-bond acceptors (Lipinski definition) is 4. The molecule has 5 heteroatoms. The van der Waals surface area contributed by atoms with Crippen LogP contribution in [0.4, 0.5) is 0 Å². The van der Waals surface area contributed by atoms with E-state index in [1.165, 1.54) is 23.8 Å². The highest BCUT2D eigenvalue weighted by Gasteiger charge is 2.43. The second-order valence-electron chi connectivity index (χ2n) is 9.27. The zero-order valence-corrected chi connectivity index (χ0v) is 20.8. The molecule has 0 saturated carbocycles. The van der Waals surface area contributed by atoms with E-state index < -0.39 is 5.41 Å². The fraction of sp³-hybridized carbons (Fsp3) is 0.300. The van der Waals surface area contributed by atoms with Gasteiger partial charge in [-0.05, 0) is 72.8 Å². The summed E-state index contributed by atoms with van der Waals surface area (Å²) in [6.45, 7) is 3.21. The molecule has 1 fully saturated rings. The lowest BCUT2D eigenvalue weighted by molar-refractivity contribution is -0.149. The second kappa shape index (κ2) is 10.3. The average molecular weight is 488 g/mol. The number of para-hydroxylation sites is 1. The van der Waals surface area contributed by atoms with Crippen LogP contribution in [-0.4, -0.2) is 37.6 Å². The van der Waals surface area contributed by atoms with Crippen LogP contribution in [0.2, 0.25) is 5.02 Å². The standard InChI is InChI=1S/C30H30ClNO3/c1-34-29(33)30(23-12-14-24(31)15-13-23)16-19-32(20-17-30)18-6-10-26-25-8-3-2-7-22(25)21-35-28-11-5-4-9-27(26)28/h2-5,7-15H,6,16-21H2,1H3. The third kappa shape index (κ3) is 4.73. The van der Waals surface area contributed by atoms with Crippen molar-refractivity contribution in [2.24, 2.45) is 0 Å². The van der Waals surface area contributed by atoms with Gasteiger partial charge in [-0.25, -0.2) is 0 Å². The number of carbonyl (C=O) groups is 1. The van der Waals surface area contributed by atoms with E-state index in [0.717, 1.165) is 55.8 Å². The first-order valence-corrected chi connectivity index (χ1v) is 12.6. The van der Waals surface area contributed by atoms with E-state index in [2.05, 4.69) is 47.4 Å². The minimum absolute atomic E-state index is 0.159. The van der Waals surface area contributed by atoms with E-state index in [-0.39, 0.29) is 5.97 Å². The van der Waals surface area contributed by atoms with Gasteiger partial charge in [-0.15, -0.1) is 0 Å². The summed E-state index contributed by atoms with van der Waals surface area (Å²) in [6, 6.07) is 24.4. The van der Waals surface area contributed by atoms with E-state index in [4.69, 9.17) is 21.1 Å². The van der Waals surface area contributed by atoms with Gasteiger partial charge in [0.05, 0.1) is 12.5 Å². The van der Waals surface area contributed by atoms with Gasteiger partial charge in [-0.3, -0.25) is 4.79 Å². The van der Waals surface area contributed by atoms with E-state index >= 15 is 0 Å². The smallest absolute Gasteiger partial charge is 0.316 e. The van der Waals surface area contributed by atoms with Gasteiger partial charge in [0.25, 0.3) is 0 Å². The molecule has 4 nitrogen and oxygen atoms in total. The van der Waals surface area contributed by atoms with E-state index in [1.807, 2.05) is 36.4 Å². The Bertz CT molecular complexity index is 1180. The summed E-state index contributed by atoms with van der Waals surface area (Å²) < 4.78 is 11.3. The minimum Gasteiger partial charge on any atom is -0.488 e. The normalized spacial score (nSPS) is 18.2. The van der Waals surface area contributed by atoms with Crippen LogP contribution in [0.5, 0.6) is 5.75 Å². The number of nitrogens with zero attached hydrogens (tertiary/aromatic N) is 1. The van der Waals surface area contributed by atoms with Crippen molar-refractivity contribution in [1.82, 2.24) is 4.90 Å². The van der Waals surface area contributed by atoms with Gasteiger partial charge in [0.2, 0.25) is 0 Å². The fourth-order valence-corrected chi connectivity index (χ4v) is 5.50. The SMILES string of the molecule is COC(=O)C1(c2ccc(Cl)cc2)CCN(CCC=C2c3ccccc3COc3ccccc32)CC1. The van der Waals surface area contributed by atoms with Crippen molar-refractivity contribution in [3.8, 4) is 5.75 Å². The van der Waals surface area contributed by atoms with Crippen LogP contribution >= 0.6 is 11.6 Å². The van der Waals surface area contributed by atoms with E-state index in [0.29, 0.717) is 11.6 Å². The van der Waals surface area contributed by atoms with Crippen LogP contribution in [0.3, 0.4) is 0 Å². The lowest BCUT2D eigenvalue weighted by Gasteiger charge is -2.40. The fourth-order valence-electron chi connectivity index (χ4n) is 5.37. The molecule has 0 aliphatic carbocycles. The molecule has 1 saturated heterocycles. The average Bonchev–Trinajstić information content (AvgIpc) is 3.06. The summed E-state index contributed by atoms with van der Waals surface area (Å²) in [6.07, 6.45) is 4.73. The van der Waals surface area contributed by atoms with Crippen molar-refractivity contribution >= 4 is 23.1 Å². The number of piperidine rings is 1. The number of methoxy groups -OCH3 is 1. The predicted molar refractivity (Wildman–Crippen MR) is 140 cm³/mol. The first-order chi connectivity index (χ1) is 17.1.